The van der Waals surface area contributed by atoms with Crippen LogP contribution in [0.2, 0.25) is 0 Å². The molecule has 0 aliphatic rings. The van der Waals surface area contributed by atoms with Crippen LogP contribution >= 0.6 is 11.8 Å². The standard InChI is InChI=1S/C13H13NOS/c1-16-12-8-7-11(9-14-12)13(15)10-5-3-2-4-6-10/h2-9,13,15H,1H3/t13-/m0/s1. The number of hydrogen-bond acceptors (Lipinski definition) is 3. The third-order valence-electron chi connectivity index (χ3n) is 2.40. The lowest BCUT2D eigenvalue weighted by Crippen LogP contribution is -1.99. The highest BCUT2D eigenvalue weighted by molar-refractivity contribution is 7.98. The first-order chi connectivity index (χ1) is 7.81. The van der Waals surface area contributed by atoms with Crippen LogP contribution in [0.1, 0.15) is 17.2 Å². The van der Waals surface area contributed by atoms with Gasteiger partial charge in [-0.05, 0) is 17.9 Å². The molecule has 0 saturated carbocycles. The highest BCUT2D eigenvalue weighted by atomic mass is 32.2. The van der Waals surface area contributed by atoms with E-state index < -0.39 is 6.10 Å². The molecule has 0 aliphatic carbocycles. The lowest BCUT2D eigenvalue weighted by molar-refractivity contribution is 0.219. The molecule has 1 N–H and O–H groups in total. The molecule has 0 aliphatic heterocycles. The van der Waals surface area contributed by atoms with Gasteiger partial charge in [0.05, 0.1) is 5.03 Å². The Hall–Kier alpha value is -1.32. The molecule has 1 atom stereocenters. The summed E-state index contributed by atoms with van der Waals surface area (Å²) >= 11 is 1.59. The zero-order valence-corrected chi connectivity index (χ0v) is 9.82. The summed E-state index contributed by atoms with van der Waals surface area (Å²) in [6.45, 7) is 0. The molecule has 0 radical (unpaired) electrons. The van der Waals surface area contributed by atoms with Crippen LogP contribution in [-0.4, -0.2) is 16.3 Å². The highest BCUT2D eigenvalue weighted by Crippen LogP contribution is 2.22. The Morgan fingerprint density at radius 3 is 2.38 bits per heavy atom. The van der Waals surface area contributed by atoms with E-state index in [2.05, 4.69) is 4.98 Å². The molecule has 0 spiro atoms. The van der Waals surface area contributed by atoms with Crippen LogP contribution < -0.4 is 0 Å². The van der Waals surface area contributed by atoms with Gasteiger partial charge in [-0.15, -0.1) is 11.8 Å². The first-order valence-corrected chi connectivity index (χ1v) is 6.26. The Labute approximate surface area is 99.4 Å². The summed E-state index contributed by atoms with van der Waals surface area (Å²) in [5.74, 6) is 0. The smallest absolute Gasteiger partial charge is 0.106 e. The van der Waals surface area contributed by atoms with Gasteiger partial charge in [-0.3, -0.25) is 0 Å². The predicted octanol–water partition coefficient (Wildman–Crippen LogP) is 2.89. The molecular formula is C13H13NOS. The van der Waals surface area contributed by atoms with Crippen molar-refractivity contribution < 1.29 is 5.11 Å². The minimum absolute atomic E-state index is 0.593. The normalized spacial score (nSPS) is 12.4. The molecule has 1 heterocycles. The molecular weight excluding hydrogens is 218 g/mol. The molecule has 16 heavy (non-hydrogen) atoms. The number of nitrogens with zero attached hydrogens (tertiary/aromatic N) is 1. The molecule has 2 nitrogen and oxygen atoms in total. The van der Waals surface area contributed by atoms with Crippen molar-refractivity contribution in [2.45, 2.75) is 11.1 Å². The molecule has 2 rings (SSSR count). The fraction of sp³-hybridized carbons (Fsp3) is 0.154. The van der Waals surface area contributed by atoms with Gasteiger partial charge < -0.3 is 5.11 Å². The first-order valence-electron chi connectivity index (χ1n) is 5.04. The largest absolute Gasteiger partial charge is 0.384 e. The second-order valence-corrected chi connectivity index (χ2v) is 4.27. The zero-order chi connectivity index (χ0) is 11.4. The molecule has 2 aromatic rings. The van der Waals surface area contributed by atoms with Gasteiger partial charge in [0.25, 0.3) is 0 Å². The van der Waals surface area contributed by atoms with Gasteiger partial charge in [0.15, 0.2) is 0 Å². The second-order valence-electron chi connectivity index (χ2n) is 3.45. The Morgan fingerprint density at radius 2 is 1.81 bits per heavy atom. The summed E-state index contributed by atoms with van der Waals surface area (Å²) in [6.07, 6.45) is 3.11. The molecule has 1 aromatic carbocycles. The average molecular weight is 231 g/mol. The summed E-state index contributed by atoms with van der Waals surface area (Å²) in [6, 6.07) is 13.4. The number of benzene rings is 1. The van der Waals surface area contributed by atoms with Crippen molar-refractivity contribution >= 4 is 11.8 Å². The van der Waals surface area contributed by atoms with Crippen molar-refractivity contribution in [2.24, 2.45) is 0 Å². The molecule has 0 fully saturated rings. The number of aliphatic hydroxyl groups is 1. The predicted molar refractivity (Wildman–Crippen MR) is 66.5 cm³/mol. The van der Waals surface area contributed by atoms with Crippen LogP contribution in [-0.2, 0) is 0 Å². The molecule has 0 unspecified atom stereocenters. The van der Waals surface area contributed by atoms with E-state index in [0.29, 0.717) is 0 Å². The topological polar surface area (TPSA) is 33.1 Å². The third-order valence-corrected chi connectivity index (χ3v) is 3.06. The van der Waals surface area contributed by atoms with Crippen molar-refractivity contribution in [1.82, 2.24) is 4.98 Å². The van der Waals surface area contributed by atoms with Crippen LogP contribution in [0.5, 0.6) is 0 Å². The highest BCUT2D eigenvalue weighted by Gasteiger charge is 2.09. The number of aliphatic hydroxyl groups excluding tert-OH is 1. The number of rotatable bonds is 3. The van der Waals surface area contributed by atoms with E-state index in [1.54, 1.807) is 18.0 Å². The number of aromatic nitrogens is 1. The van der Waals surface area contributed by atoms with Gasteiger partial charge >= 0.3 is 0 Å². The zero-order valence-electron chi connectivity index (χ0n) is 9.00. The number of thioether (sulfide) groups is 1. The van der Waals surface area contributed by atoms with Gasteiger partial charge in [0.1, 0.15) is 6.10 Å². The van der Waals surface area contributed by atoms with E-state index in [1.165, 1.54) is 0 Å². The van der Waals surface area contributed by atoms with E-state index in [0.717, 1.165) is 16.2 Å². The molecule has 82 valence electrons. The monoisotopic (exact) mass is 231 g/mol. The minimum atomic E-state index is -0.593. The summed E-state index contributed by atoms with van der Waals surface area (Å²) in [4.78, 5) is 4.25. The first kappa shape index (κ1) is 11.2. The molecule has 3 heteroatoms. The lowest BCUT2D eigenvalue weighted by atomic mass is 10.0. The van der Waals surface area contributed by atoms with E-state index in [9.17, 15) is 5.11 Å². The van der Waals surface area contributed by atoms with E-state index >= 15 is 0 Å². The maximum atomic E-state index is 10.1. The van der Waals surface area contributed by atoms with Crippen LogP contribution in [0.4, 0.5) is 0 Å². The van der Waals surface area contributed by atoms with Crippen molar-refractivity contribution in [1.29, 1.82) is 0 Å². The van der Waals surface area contributed by atoms with Gasteiger partial charge in [0.2, 0.25) is 0 Å². The summed E-state index contributed by atoms with van der Waals surface area (Å²) in [5.41, 5.74) is 1.71. The van der Waals surface area contributed by atoms with Gasteiger partial charge in [-0.25, -0.2) is 4.98 Å². The fourth-order valence-electron chi connectivity index (χ4n) is 1.50. The van der Waals surface area contributed by atoms with Crippen LogP contribution in [0.15, 0.2) is 53.7 Å². The Bertz CT molecular complexity index is 441. The van der Waals surface area contributed by atoms with Crippen molar-refractivity contribution in [2.75, 3.05) is 6.26 Å². The van der Waals surface area contributed by atoms with E-state index in [4.69, 9.17) is 0 Å². The van der Waals surface area contributed by atoms with Gasteiger partial charge in [-0.2, -0.15) is 0 Å². The van der Waals surface area contributed by atoms with Gasteiger partial charge in [0, 0.05) is 11.8 Å². The molecule has 0 bridgehead atoms. The van der Waals surface area contributed by atoms with Crippen LogP contribution in [0.25, 0.3) is 0 Å². The summed E-state index contributed by atoms with van der Waals surface area (Å²) in [7, 11) is 0. The maximum absolute atomic E-state index is 10.1. The lowest BCUT2D eigenvalue weighted by Gasteiger charge is -2.10. The second kappa shape index (κ2) is 5.14. The van der Waals surface area contributed by atoms with Crippen LogP contribution in [0.3, 0.4) is 0 Å². The SMILES string of the molecule is CSc1ccc([C@@H](O)c2ccccc2)cn1. The fourth-order valence-corrected chi connectivity index (χ4v) is 1.86. The Kier molecular flexibility index (Phi) is 3.59. The van der Waals surface area contributed by atoms with Crippen molar-refractivity contribution in [3.05, 3.63) is 59.8 Å². The molecule has 0 saturated heterocycles. The number of hydrogen-bond donors (Lipinski definition) is 1. The number of pyridine rings is 1. The molecule has 0 amide bonds. The maximum Gasteiger partial charge on any atom is 0.106 e. The summed E-state index contributed by atoms with van der Waals surface area (Å²) < 4.78 is 0. The third kappa shape index (κ3) is 2.43. The van der Waals surface area contributed by atoms with Crippen LogP contribution in [0, 0.1) is 0 Å². The summed E-state index contributed by atoms with van der Waals surface area (Å²) in [5, 5.41) is 11.1. The average Bonchev–Trinajstić information content (AvgIpc) is 2.39. The van der Waals surface area contributed by atoms with E-state index in [-0.39, 0.29) is 0 Å². The molecule has 1 aromatic heterocycles. The quantitative estimate of drug-likeness (QED) is 0.824. The van der Waals surface area contributed by atoms with Crippen molar-refractivity contribution in [3.8, 4) is 0 Å². The minimum Gasteiger partial charge on any atom is -0.384 e. The van der Waals surface area contributed by atoms with Crippen molar-refractivity contribution in [3.63, 3.8) is 0 Å². The Morgan fingerprint density at radius 1 is 1.06 bits per heavy atom. The Balaban J connectivity index is 2.24. The van der Waals surface area contributed by atoms with E-state index in [1.807, 2.05) is 48.7 Å². The van der Waals surface area contributed by atoms with Gasteiger partial charge in [-0.1, -0.05) is 36.4 Å².